The lowest BCUT2D eigenvalue weighted by molar-refractivity contribution is -0.121. The van der Waals surface area contributed by atoms with E-state index in [1.165, 1.54) is 5.56 Å². The maximum Gasteiger partial charge on any atom is 0.265 e. The number of hydrogen-bond acceptors (Lipinski definition) is 6. The number of benzene rings is 2. The normalized spacial score (nSPS) is 16.3. The highest BCUT2D eigenvalue weighted by Gasteiger charge is 2.26. The van der Waals surface area contributed by atoms with Crippen molar-refractivity contribution in [1.82, 2.24) is 9.88 Å². The highest BCUT2D eigenvalue weighted by molar-refractivity contribution is 5.98. The summed E-state index contributed by atoms with van der Waals surface area (Å²) in [7, 11) is 0. The summed E-state index contributed by atoms with van der Waals surface area (Å²) in [6.45, 7) is 6.90. The van der Waals surface area contributed by atoms with E-state index >= 15 is 0 Å². The highest BCUT2D eigenvalue weighted by atomic mass is 16.5. The summed E-state index contributed by atoms with van der Waals surface area (Å²) in [5.41, 5.74) is 5.04. The Morgan fingerprint density at radius 3 is 2.70 bits per heavy atom. The van der Waals surface area contributed by atoms with Crippen LogP contribution in [0.15, 0.2) is 60.8 Å². The molecular weight excluding hydrogens is 416 g/mol. The van der Waals surface area contributed by atoms with Crippen molar-refractivity contribution in [2.45, 2.75) is 6.92 Å². The van der Waals surface area contributed by atoms with Crippen molar-refractivity contribution < 1.29 is 14.3 Å². The summed E-state index contributed by atoms with van der Waals surface area (Å²) in [4.78, 5) is 21.4. The van der Waals surface area contributed by atoms with E-state index in [0.29, 0.717) is 6.54 Å². The topological polar surface area (TPSA) is 66.9 Å². The average Bonchev–Trinajstić information content (AvgIpc) is 2.84. The predicted octanol–water partition coefficient (Wildman–Crippen LogP) is 3.86. The maximum absolute atomic E-state index is 12.7. The second kappa shape index (κ2) is 9.60. The van der Waals surface area contributed by atoms with Crippen LogP contribution in [0.25, 0.3) is 11.1 Å². The molecule has 0 radical (unpaired) electrons. The molecule has 3 aromatic rings. The van der Waals surface area contributed by atoms with E-state index in [2.05, 4.69) is 34.3 Å². The number of anilines is 3. The minimum Gasteiger partial charge on any atom is -0.482 e. The zero-order chi connectivity index (χ0) is 22.6. The van der Waals surface area contributed by atoms with E-state index in [1.807, 2.05) is 47.4 Å². The van der Waals surface area contributed by atoms with Gasteiger partial charge in [0, 0.05) is 38.1 Å². The SMILES string of the molecule is Cc1cccc(Nc2cc(-c3ccc4c(c3)N(CCN3CCOCC3)C(=O)CO4)ccn2)c1. The fourth-order valence-electron chi connectivity index (χ4n) is 4.24. The van der Waals surface area contributed by atoms with Gasteiger partial charge < -0.3 is 19.7 Å². The van der Waals surface area contributed by atoms with Crippen molar-refractivity contribution in [3.05, 3.63) is 66.4 Å². The summed E-state index contributed by atoms with van der Waals surface area (Å²) in [6, 6.07) is 18.2. The Hall–Kier alpha value is -3.42. The molecule has 2 aliphatic rings. The molecule has 33 heavy (non-hydrogen) atoms. The second-order valence-electron chi connectivity index (χ2n) is 8.39. The van der Waals surface area contributed by atoms with Crippen LogP contribution in [-0.2, 0) is 9.53 Å². The molecule has 1 aromatic heterocycles. The highest BCUT2D eigenvalue weighted by Crippen LogP contribution is 2.36. The lowest BCUT2D eigenvalue weighted by Crippen LogP contribution is -2.45. The van der Waals surface area contributed by atoms with Crippen LogP contribution in [0.1, 0.15) is 5.56 Å². The van der Waals surface area contributed by atoms with Crippen molar-refractivity contribution in [1.29, 1.82) is 0 Å². The molecule has 1 N–H and O–H groups in total. The van der Waals surface area contributed by atoms with E-state index in [4.69, 9.17) is 9.47 Å². The van der Waals surface area contributed by atoms with Gasteiger partial charge in [0.05, 0.1) is 18.9 Å². The molecule has 2 aromatic carbocycles. The Labute approximate surface area is 193 Å². The van der Waals surface area contributed by atoms with Gasteiger partial charge >= 0.3 is 0 Å². The van der Waals surface area contributed by atoms with Crippen LogP contribution in [0.4, 0.5) is 17.2 Å². The number of rotatable bonds is 6. The average molecular weight is 445 g/mol. The largest absolute Gasteiger partial charge is 0.482 e. The zero-order valence-corrected chi connectivity index (χ0v) is 18.8. The summed E-state index contributed by atoms with van der Waals surface area (Å²) in [5, 5.41) is 3.37. The van der Waals surface area contributed by atoms with Crippen molar-refractivity contribution in [2.24, 2.45) is 0 Å². The Morgan fingerprint density at radius 2 is 1.85 bits per heavy atom. The molecule has 0 saturated carbocycles. The Kier molecular flexibility index (Phi) is 6.24. The molecule has 0 unspecified atom stereocenters. The lowest BCUT2D eigenvalue weighted by Gasteiger charge is -2.33. The van der Waals surface area contributed by atoms with Gasteiger partial charge in [0.2, 0.25) is 0 Å². The van der Waals surface area contributed by atoms with E-state index in [1.54, 1.807) is 6.20 Å². The van der Waals surface area contributed by atoms with Crippen LogP contribution in [0.2, 0.25) is 0 Å². The second-order valence-corrected chi connectivity index (χ2v) is 8.39. The number of aryl methyl sites for hydroxylation is 1. The fraction of sp³-hybridized carbons (Fsp3) is 0.308. The van der Waals surface area contributed by atoms with Crippen molar-refractivity contribution in [3.63, 3.8) is 0 Å². The van der Waals surface area contributed by atoms with E-state index in [9.17, 15) is 4.79 Å². The first kappa shape index (κ1) is 21.4. The van der Waals surface area contributed by atoms with Crippen LogP contribution in [-0.4, -0.2) is 61.8 Å². The van der Waals surface area contributed by atoms with Crippen LogP contribution in [0, 0.1) is 6.92 Å². The summed E-state index contributed by atoms with van der Waals surface area (Å²) in [6.07, 6.45) is 1.80. The number of aromatic nitrogens is 1. The van der Waals surface area contributed by atoms with Crippen LogP contribution < -0.4 is 15.0 Å². The first-order valence-electron chi connectivity index (χ1n) is 11.3. The standard InChI is InChI=1S/C26H28N4O3/c1-19-3-2-4-22(15-19)28-25-17-21(7-8-27-25)20-5-6-24-23(16-20)30(26(31)18-33-24)10-9-29-11-13-32-14-12-29/h2-8,15-17H,9-14,18H2,1H3,(H,27,28). The third kappa shape index (κ3) is 4.99. The van der Waals surface area contributed by atoms with Crippen LogP contribution >= 0.6 is 0 Å². The molecule has 1 fully saturated rings. The molecule has 3 heterocycles. The summed E-state index contributed by atoms with van der Waals surface area (Å²) in [5.74, 6) is 1.50. The Morgan fingerprint density at radius 1 is 1.00 bits per heavy atom. The quantitative estimate of drug-likeness (QED) is 0.623. The molecule has 2 aliphatic heterocycles. The number of fused-ring (bicyclic) bond motifs is 1. The number of nitrogens with zero attached hydrogens (tertiary/aromatic N) is 3. The zero-order valence-electron chi connectivity index (χ0n) is 18.8. The van der Waals surface area contributed by atoms with Crippen molar-refractivity contribution >= 4 is 23.1 Å². The van der Waals surface area contributed by atoms with Crippen molar-refractivity contribution in [3.8, 4) is 16.9 Å². The number of pyridine rings is 1. The Bertz CT molecular complexity index is 1140. The number of carbonyl (C=O) groups excluding carboxylic acids is 1. The van der Waals surface area contributed by atoms with E-state index < -0.39 is 0 Å². The molecule has 1 saturated heterocycles. The molecule has 7 nitrogen and oxygen atoms in total. The van der Waals surface area contributed by atoms with Crippen LogP contribution in [0.3, 0.4) is 0 Å². The molecule has 7 heteroatoms. The number of hydrogen-bond donors (Lipinski definition) is 1. The Balaban J connectivity index is 1.38. The van der Waals surface area contributed by atoms with Crippen molar-refractivity contribution in [2.75, 3.05) is 56.2 Å². The predicted molar refractivity (Wildman–Crippen MR) is 129 cm³/mol. The number of nitrogens with one attached hydrogen (secondary N) is 1. The van der Waals surface area contributed by atoms with E-state index in [0.717, 1.165) is 66.9 Å². The van der Waals surface area contributed by atoms with Gasteiger partial charge in [-0.15, -0.1) is 0 Å². The molecule has 0 spiro atoms. The summed E-state index contributed by atoms with van der Waals surface area (Å²) < 4.78 is 11.1. The number of amides is 1. The smallest absolute Gasteiger partial charge is 0.265 e. The fourth-order valence-corrected chi connectivity index (χ4v) is 4.24. The van der Waals surface area contributed by atoms with Gasteiger partial charge in [-0.05, 0) is 60.0 Å². The van der Waals surface area contributed by atoms with Gasteiger partial charge in [0.25, 0.3) is 5.91 Å². The molecule has 0 atom stereocenters. The van der Waals surface area contributed by atoms with Gasteiger partial charge in [-0.2, -0.15) is 0 Å². The number of carbonyl (C=O) groups is 1. The van der Waals surface area contributed by atoms with Gasteiger partial charge in [-0.25, -0.2) is 4.98 Å². The third-order valence-electron chi connectivity index (χ3n) is 6.03. The first-order chi connectivity index (χ1) is 16.2. The molecule has 0 bridgehead atoms. The molecule has 0 aliphatic carbocycles. The molecule has 170 valence electrons. The molecule has 1 amide bonds. The molecule has 5 rings (SSSR count). The molecular formula is C26H28N4O3. The van der Waals surface area contributed by atoms with Gasteiger partial charge in [-0.1, -0.05) is 18.2 Å². The minimum atomic E-state index is -0.00978. The third-order valence-corrected chi connectivity index (χ3v) is 6.03. The minimum absolute atomic E-state index is 0.00978. The maximum atomic E-state index is 12.7. The van der Waals surface area contributed by atoms with E-state index in [-0.39, 0.29) is 12.5 Å². The van der Waals surface area contributed by atoms with Gasteiger partial charge in [0.15, 0.2) is 6.61 Å². The lowest BCUT2D eigenvalue weighted by atomic mass is 10.0. The van der Waals surface area contributed by atoms with Gasteiger partial charge in [0.1, 0.15) is 11.6 Å². The van der Waals surface area contributed by atoms with Crippen LogP contribution in [0.5, 0.6) is 5.75 Å². The first-order valence-corrected chi connectivity index (χ1v) is 11.3. The number of morpholine rings is 1. The summed E-state index contributed by atoms with van der Waals surface area (Å²) >= 11 is 0. The number of ether oxygens (including phenoxy) is 2. The van der Waals surface area contributed by atoms with Gasteiger partial charge in [-0.3, -0.25) is 9.69 Å². The monoisotopic (exact) mass is 444 g/mol.